The zero-order valence-corrected chi connectivity index (χ0v) is 6.04. The number of hydrogen-bond acceptors (Lipinski definition) is 3. The van der Waals surface area contributed by atoms with Crippen LogP contribution < -0.4 is 11.5 Å². The molecule has 0 aliphatic carbocycles. The summed E-state index contributed by atoms with van der Waals surface area (Å²) in [6, 6.07) is 0. The molecule has 58 valence electrons. The van der Waals surface area contributed by atoms with E-state index in [0.717, 1.165) is 0 Å². The molecule has 0 aromatic carbocycles. The Kier molecular flexibility index (Phi) is 5.88. The molecule has 0 aliphatic heterocycles. The Labute approximate surface area is 67.6 Å². The van der Waals surface area contributed by atoms with Crippen molar-refractivity contribution in [3.05, 3.63) is 0 Å². The molecule has 0 aliphatic rings. The predicted molar refractivity (Wildman–Crippen MR) is 28.0 cm³/mol. The molecule has 0 saturated heterocycles. The first kappa shape index (κ1) is 11.9. The Morgan fingerprint density at radius 3 is 1.60 bits per heavy atom. The second-order valence-corrected chi connectivity index (χ2v) is 1.43. The van der Waals surface area contributed by atoms with Gasteiger partial charge in [0.25, 0.3) is 5.91 Å². The van der Waals surface area contributed by atoms with Crippen molar-refractivity contribution in [2.45, 2.75) is 6.42 Å². The molecule has 5 nitrogen and oxygen atoms in total. The SMILES string of the molecule is NC(=O)CC(=O)C(N)=O.[Fe]. The summed E-state index contributed by atoms with van der Waals surface area (Å²) in [5.74, 6) is -2.94. The summed E-state index contributed by atoms with van der Waals surface area (Å²) in [6.07, 6.45) is -0.602. The van der Waals surface area contributed by atoms with Gasteiger partial charge >= 0.3 is 0 Å². The number of hydrogen-bond donors (Lipinski definition) is 2. The number of amides is 2. The molecule has 0 atom stereocenters. The predicted octanol–water partition coefficient (Wildman–Crippen LogP) is -2.09. The quantitative estimate of drug-likeness (QED) is 0.300. The summed E-state index contributed by atoms with van der Waals surface area (Å²) in [5.41, 5.74) is 9.05. The van der Waals surface area contributed by atoms with E-state index < -0.39 is 24.0 Å². The van der Waals surface area contributed by atoms with Crippen molar-refractivity contribution in [3.8, 4) is 0 Å². The van der Waals surface area contributed by atoms with Crippen LogP contribution in [0.2, 0.25) is 0 Å². The molecule has 0 fully saturated rings. The molecular weight excluding hydrogens is 180 g/mol. The maximum atomic E-state index is 10.2. The molecule has 0 unspecified atom stereocenters. The number of ketones is 1. The number of Topliss-reactive ketones (excluding diaryl/α,β-unsaturated/α-hetero) is 1. The second-order valence-electron chi connectivity index (χ2n) is 1.43. The fourth-order valence-electron chi connectivity index (χ4n) is 0.245. The Balaban J connectivity index is 0. The Morgan fingerprint density at radius 1 is 1.10 bits per heavy atom. The van der Waals surface area contributed by atoms with Gasteiger partial charge in [0.15, 0.2) is 0 Å². The van der Waals surface area contributed by atoms with Crippen LogP contribution in [-0.2, 0) is 31.5 Å². The first-order valence-electron chi connectivity index (χ1n) is 2.15. The molecule has 0 aromatic rings. The van der Waals surface area contributed by atoms with Gasteiger partial charge in [0.2, 0.25) is 11.7 Å². The van der Waals surface area contributed by atoms with Crippen LogP contribution >= 0.6 is 0 Å². The molecule has 0 aromatic heterocycles. The average Bonchev–Trinajstić information content (AvgIpc) is 1.63. The summed E-state index contributed by atoms with van der Waals surface area (Å²) in [6.45, 7) is 0. The molecule has 0 radical (unpaired) electrons. The third-order valence-electron chi connectivity index (χ3n) is 0.610. The monoisotopic (exact) mass is 186 g/mol. The third kappa shape index (κ3) is 5.27. The van der Waals surface area contributed by atoms with Crippen LogP contribution in [0.25, 0.3) is 0 Å². The summed E-state index contributed by atoms with van der Waals surface area (Å²) in [7, 11) is 0. The van der Waals surface area contributed by atoms with Crippen LogP contribution in [0, 0.1) is 0 Å². The van der Waals surface area contributed by atoms with E-state index in [-0.39, 0.29) is 17.1 Å². The Hall–Kier alpha value is -0.871. The maximum Gasteiger partial charge on any atom is 0.285 e. The van der Waals surface area contributed by atoms with Gasteiger partial charge in [-0.05, 0) is 0 Å². The summed E-state index contributed by atoms with van der Waals surface area (Å²) in [5, 5.41) is 0. The first-order valence-corrected chi connectivity index (χ1v) is 2.15. The fraction of sp³-hybridized carbons (Fsp3) is 0.250. The van der Waals surface area contributed by atoms with E-state index >= 15 is 0 Å². The smallest absolute Gasteiger partial charge is 0.285 e. The minimum atomic E-state index is -1.13. The Bertz CT molecular complexity index is 168. The topological polar surface area (TPSA) is 103 Å². The number of nitrogens with two attached hydrogens (primary N) is 2. The summed E-state index contributed by atoms with van der Waals surface area (Å²) >= 11 is 0. The minimum absolute atomic E-state index is 0. The number of rotatable bonds is 3. The molecule has 0 bridgehead atoms. The van der Waals surface area contributed by atoms with Gasteiger partial charge in [0, 0.05) is 17.1 Å². The van der Waals surface area contributed by atoms with Crippen molar-refractivity contribution >= 4 is 17.6 Å². The van der Waals surface area contributed by atoms with Crippen molar-refractivity contribution in [3.63, 3.8) is 0 Å². The van der Waals surface area contributed by atoms with Crippen molar-refractivity contribution in [1.29, 1.82) is 0 Å². The molecule has 2 amide bonds. The van der Waals surface area contributed by atoms with Crippen LogP contribution in [-0.4, -0.2) is 17.6 Å². The molecule has 0 spiro atoms. The maximum absolute atomic E-state index is 10.2. The Morgan fingerprint density at radius 2 is 1.50 bits per heavy atom. The van der Waals surface area contributed by atoms with Crippen molar-refractivity contribution in [2.24, 2.45) is 11.5 Å². The van der Waals surface area contributed by atoms with Crippen LogP contribution in [0.3, 0.4) is 0 Å². The van der Waals surface area contributed by atoms with Gasteiger partial charge in [-0.25, -0.2) is 0 Å². The van der Waals surface area contributed by atoms with E-state index in [1.54, 1.807) is 0 Å². The zero-order valence-electron chi connectivity index (χ0n) is 4.94. The van der Waals surface area contributed by atoms with Crippen LogP contribution in [0.5, 0.6) is 0 Å². The van der Waals surface area contributed by atoms with Gasteiger partial charge in [-0.1, -0.05) is 0 Å². The average molecular weight is 186 g/mol. The molecular formula is C4H6FeN2O3. The van der Waals surface area contributed by atoms with Gasteiger partial charge in [-0.2, -0.15) is 0 Å². The van der Waals surface area contributed by atoms with E-state index in [9.17, 15) is 14.4 Å². The van der Waals surface area contributed by atoms with Crippen molar-refractivity contribution in [1.82, 2.24) is 0 Å². The van der Waals surface area contributed by atoms with Gasteiger partial charge in [-0.15, -0.1) is 0 Å². The molecule has 0 heterocycles. The summed E-state index contributed by atoms with van der Waals surface area (Å²) in [4.78, 5) is 30.0. The van der Waals surface area contributed by atoms with E-state index in [4.69, 9.17) is 0 Å². The number of carbonyl (C=O) groups excluding carboxylic acids is 3. The van der Waals surface area contributed by atoms with Crippen LogP contribution in [0.15, 0.2) is 0 Å². The van der Waals surface area contributed by atoms with Crippen LogP contribution in [0.4, 0.5) is 0 Å². The van der Waals surface area contributed by atoms with Gasteiger partial charge in [-0.3, -0.25) is 14.4 Å². The van der Waals surface area contributed by atoms with Gasteiger partial charge < -0.3 is 11.5 Å². The molecule has 0 rings (SSSR count). The first-order chi connectivity index (χ1) is 4.04. The van der Waals surface area contributed by atoms with E-state index in [1.807, 2.05) is 0 Å². The molecule has 6 heteroatoms. The van der Waals surface area contributed by atoms with Crippen molar-refractivity contribution < 1.29 is 31.5 Å². The standard InChI is InChI=1S/C4H6N2O3.Fe/c5-3(8)1-2(7)4(6)9;/h1H2,(H2,5,8)(H2,6,9);. The minimum Gasteiger partial charge on any atom is -0.369 e. The fourth-order valence-corrected chi connectivity index (χ4v) is 0.245. The molecule has 4 N–H and O–H groups in total. The summed E-state index contributed by atoms with van der Waals surface area (Å²) < 4.78 is 0. The van der Waals surface area contributed by atoms with Crippen LogP contribution in [0.1, 0.15) is 6.42 Å². The third-order valence-corrected chi connectivity index (χ3v) is 0.610. The van der Waals surface area contributed by atoms with Gasteiger partial charge in [0.05, 0.1) is 6.42 Å². The van der Waals surface area contributed by atoms with Gasteiger partial charge in [0.1, 0.15) is 0 Å². The second kappa shape index (κ2) is 4.96. The normalized spacial score (nSPS) is 7.60. The number of primary amides is 2. The van der Waals surface area contributed by atoms with E-state index in [0.29, 0.717) is 0 Å². The van der Waals surface area contributed by atoms with E-state index in [2.05, 4.69) is 11.5 Å². The largest absolute Gasteiger partial charge is 0.369 e. The molecule has 0 saturated carbocycles. The number of carbonyl (C=O) groups is 3. The van der Waals surface area contributed by atoms with E-state index in [1.165, 1.54) is 0 Å². The molecule has 10 heavy (non-hydrogen) atoms. The van der Waals surface area contributed by atoms with Crippen molar-refractivity contribution in [2.75, 3.05) is 0 Å². The zero-order chi connectivity index (χ0) is 7.44.